The van der Waals surface area contributed by atoms with Crippen LogP contribution in [0.25, 0.3) is 0 Å². The van der Waals surface area contributed by atoms with Crippen LogP contribution >= 0.6 is 0 Å². The lowest BCUT2D eigenvalue weighted by Crippen LogP contribution is -2.42. The number of halogens is 3. The van der Waals surface area contributed by atoms with Crippen LogP contribution in [-0.4, -0.2) is 25.3 Å². The predicted octanol–water partition coefficient (Wildman–Crippen LogP) is 1.89. The molecule has 0 aliphatic rings. The third kappa shape index (κ3) is 7.70. The highest BCUT2D eigenvalue weighted by Crippen LogP contribution is 2.11. The minimum atomic E-state index is -4.35. The molecule has 2 amide bonds. The van der Waals surface area contributed by atoms with Crippen molar-refractivity contribution in [3.63, 3.8) is 0 Å². The zero-order chi connectivity index (χ0) is 11.2. The number of amides is 2. The maximum absolute atomic E-state index is 11.6. The van der Waals surface area contributed by atoms with Crippen LogP contribution in [0.1, 0.15) is 20.3 Å². The van der Waals surface area contributed by atoms with Crippen molar-refractivity contribution in [3.8, 4) is 0 Å². The number of alkyl halides is 3. The first kappa shape index (κ1) is 13.1. The van der Waals surface area contributed by atoms with Crippen molar-refractivity contribution in [1.29, 1.82) is 0 Å². The normalized spacial score (nSPS) is 13.5. The second kappa shape index (κ2) is 5.72. The molecule has 3 nitrogen and oxygen atoms in total. The van der Waals surface area contributed by atoms with E-state index in [1.165, 1.54) is 0 Å². The molecule has 6 heteroatoms. The minimum Gasteiger partial charge on any atom is -0.338 e. The number of carbonyl (C=O) groups is 1. The first-order valence-electron chi connectivity index (χ1n) is 4.43. The Morgan fingerprint density at radius 1 is 1.36 bits per heavy atom. The maximum atomic E-state index is 11.6. The fraction of sp³-hybridized carbons (Fsp3) is 0.875. The summed E-state index contributed by atoms with van der Waals surface area (Å²) in [5.41, 5.74) is 0. The van der Waals surface area contributed by atoms with E-state index in [2.05, 4.69) is 5.32 Å². The Balaban J connectivity index is 3.57. The van der Waals surface area contributed by atoms with Gasteiger partial charge in [-0.05, 0) is 5.92 Å². The van der Waals surface area contributed by atoms with Crippen LogP contribution in [0.4, 0.5) is 18.0 Å². The monoisotopic (exact) mass is 212 g/mol. The number of carbonyl (C=O) groups excluding carboxylic acids is 1. The summed E-state index contributed by atoms with van der Waals surface area (Å²) < 4.78 is 34.9. The molecule has 0 spiro atoms. The molecule has 2 N–H and O–H groups in total. The number of urea groups is 1. The molecule has 0 heterocycles. The summed E-state index contributed by atoms with van der Waals surface area (Å²) in [5, 5.41) is 4.08. The van der Waals surface area contributed by atoms with Gasteiger partial charge in [0.25, 0.3) is 0 Å². The van der Waals surface area contributed by atoms with E-state index in [9.17, 15) is 18.0 Å². The van der Waals surface area contributed by atoms with Crippen LogP contribution in [0.3, 0.4) is 0 Å². The fourth-order valence-electron chi connectivity index (χ4n) is 0.654. The van der Waals surface area contributed by atoms with Crippen LogP contribution in [0.2, 0.25) is 0 Å². The van der Waals surface area contributed by atoms with E-state index >= 15 is 0 Å². The van der Waals surface area contributed by atoms with Crippen LogP contribution in [0, 0.1) is 5.92 Å². The summed E-state index contributed by atoms with van der Waals surface area (Å²) in [5.74, 6) is 0.270. The molecular formula is C8H15F3N2O. The van der Waals surface area contributed by atoms with Gasteiger partial charge in [0.05, 0.1) is 0 Å². The summed E-state index contributed by atoms with van der Waals surface area (Å²) in [6.45, 7) is 2.95. The first-order valence-corrected chi connectivity index (χ1v) is 4.43. The number of nitrogens with one attached hydrogen (secondary N) is 2. The van der Waals surface area contributed by atoms with Gasteiger partial charge in [-0.1, -0.05) is 20.3 Å². The van der Waals surface area contributed by atoms with Gasteiger partial charge < -0.3 is 10.6 Å². The van der Waals surface area contributed by atoms with Gasteiger partial charge in [0.1, 0.15) is 6.54 Å². The molecule has 0 radical (unpaired) electrons. The molecule has 0 aliphatic carbocycles. The van der Waals surface area contributed by atoms with E-state index in [0.29, 0.717) is 6.54 Å². The van der Waals surface area contributed by atoms with Gasteiger partial charge >= 0.3 is 12.2 Å². The molecule has 0 aliphatic heterocycles. The van der Waals surface area contributed by atoms with Crippen molar-refractivity contribution in [1.82, 2.24) is 10.6 Å². The molecule has 1 atom stereocenters. The van der Waals surface area contributed by atoms with Gasteiger partial charge in [-0.15, -0.1) is 0 Å². The lowest BCUT2D eigenvalue weighted by atomic mass is 10.1. The molecular weight excluding hydrogens is 197 g/mol. The Labute approximate surface area is 81.1 Å². The molecule has 0 aromatic rings. The number of hydrogen-bond acceptors (Lipinski definition) is 1. The molecule has 0 rings (SSSR count). The van der Waals surface area contributed by atoms with Crippen LogP contribution in [-0.2, 0) is 0 Å². The van der Waals surface area contributed by atoms with Gasteiger partial charge in [-0.25, -0.2) is 4.79 Å². The fourth-order valence-corrected chi connectivity index (χ4v) is 0.654. The Hall–Kier alpha value is -0.940. The lowest BCUT2D eigenvalue weighted by Gasteiger charge is -2.12. The van der Waals surface area contributed by atoms with Crippen molar-refractivity contribution < 1.29 is 18.0 Å². The second-order valence-corrected chi connectivity index (χ2v) is 3.19. The maximum Gasteiger partial charge on any atom is 0.405 e. The summed E-state index contributed by atoms with van der Waals surface area (Å²) in [6, 6.07) is -0.775. The zero-order valence-electron chi connectivity index (χ0n) is 8.24. The second-order valence-electron chi connectivity index (χ2n) is 3.19. The molecule has 0 bridgehead atoms. The zero-order valence-corrected chi connectivity index (χ0v) is 8.24. The van der Waals surface area contributed by atoms with Gasteiger partial charge in [0, 0.05) is 6.54 Å². The Morgan fingerprint density at radius 3 is 2.36 bits per heavy atom. The highest BCUT2D eigenvalue weighted by molar-refractivity contribution is 5.73. The minimum absolute atomic E-state index is 0.270. The van der Waals surface area contributed by atoms with E-state index in [4.69, 9.17) is 0 Å². The molecule has 14 heavy (non-hydrogen) atoms. The summed E-state index contributed by atoms with van der Waals surface area (Å²) in [7, 11) is 0. The largest absolute Gasteiger partial charge is 0.405 e. The van der Waals surface area contributed by atoms with Crippen LogP contribution in [0.5, 0.6) is 0 Å². The Morgan fingerprint density at radius 2 is 1.93 bits per heavy atom. The average molecular weight is 212 g/mol. The van der Waals surface area contributed by atoms with Gasteiger partial charge in [0.2, 0.25) is 0 Å². The van der Waals surface area contributed by atoms with Gasteiger partial charge in [0.15, 0.2) is 0 Å². The standard InChI is InChI=1S/C8H15F3N2O/c1-3-6(2)4-12-7(14)13-5-8(9,10)11/h6H,3-5H2,1-2H3,(H2,12,13,14). The van der Waals surface area contributed by atoms with Crippen LogP contribution in [0.15, 0.2) is 0 Å². The quantitative estimate of drug-likeness (QED) is 0.734. The van der Waals surface area contributed by atoms with Crippen molar-refractivity contribution >= 4 is 6.03 Å². The molecule has 84 valence electrons. The average Bonchev–Trinajstić information content (AvgIpc) is 2.09. The molecule has 0 aromatic carbocycles. The van der Waals surface area contributed by atoms with E-state index in [1.54, 1.807) is 5.32 Å². The third-order valence-corrected chi connectivity index (χ3v) is 1.76. The van der Waals surface area contributed by atoms with Crippen molar-refractivity contribution in [2.45, 2.75) is 26.4 Å². The number of hydrogen-bond donors (Lipinski definition) is 2. The third-order valence-electron chi connectivity index (χ3n) is 1.76. The van der Waals surface area contributed by atoms with Crippen molar-refractivity contribution in [2.75, 3.05) is 13.1 Å². The van der Waals surface area contributed by atoms with Crippen molar-refractivity contribution in [3.05, 3.63) is 0 Å². The van der Waals surface area contributed by atoms with E-state index in [0.717, 1.165) is 6.42 Å². The van der Waals surface area contributed by atoms with Crippen molar-refractivity contribution in [2.24, 2.45) is 5.92 Å². The molecule has 0 saturated heterocycles. The predicted molar refractivity (Wildman–Crippen MR) is 46.9 cm³/mol. The lowest BCUT2D eigenvalue weighted by molar-refractivity contribution is -0.122. The molecule has 0 saturated carbocycles. The molecule has 0 aromatic heterocycles. The highest BCUT2D eigenvalue weighted by Gasteiger charge is 2.27. The highest BCUT2D eigenvalue weighted by atomic mass is 19.4. The Kier molecular flexibility index (Phi) is 5.34. The van der Waals surface area contributed by atoms with Gasteiger partial charge in [-0.2, -0.15) is 13.2 Å². The Bertz CT molecular complexity index is 182. The first-order chi connectivity index (χ1) is 6.35. The van der Waals surface area contributed by atoms with E-state index in [1.807, 2.05) is 13.8 Å². The van der Waals surface area contributed by atoms with E-state index in [-0.39, 0.29) is 5.92 Å². The smallest absolute Gasteiger partial charge is 0.338 e. The summed E-state index contributed by atoms with van der Waals surface area (Å²) >= 11 is 0. The topological polar surface area (TPSA) is 41.1 Å². The SMILES string of the molecule is CCC(C)CNC(=O)NCC(F)(F)F. The number of rotatable bonds is 4. The summed E-state index contributed by atoms with van der Waals surface area (Å²) in [6.07, 6.45) is -3.48. The molecule has 1 unspecified atom stereocenters. The van der Waals surface area contributed by atoms with Gasteiger partial charge in [-0.3, -0.25) is 0 Å². The summed E-state index contributed by atoms with van der Waals surface area (Å²) in [4.78, 5) is 10.8. The van der Waals surface area contributed by atoms with Crippen LogP contribution < -0.4 is 10.6 Å². The van der Waals surface area contributed by atoms with E-state index < -0.39 is 18.8 Å². The molecule has 0 fully saturated rings.